The van der Waals surface area contributed by atoms with Gasteiger partial charge < -0.3 is 4.74 Å². The Hall–Kier alpha value is -2.44. The van der Waals surface area contributed by atoms with Crippen LogP contribution in [0.15, 0.2) is 59.6 Å². The SMILES string of the molecule is COc1ccc(C2=CC3(C=C2c2ccc(S(N)(=O)=O)cc2)CCCC3)cn1. The molecule has 0 amide bonds. The van der Waals surface area contributed by atoms with Crippen LogP contribution < -0.4 is 9.88 Å². The van der Waals surface area contributed by atoms with Crippen molar-refractivity contribution in [3.8, 4) is 5.88 Å². The van der Waals surface area contributed by atoms with E-state index in [0.717, 1.165) is 35.1 Å². The van der Waals surface area contributed by atoms with Crippen LogP contribution in [-0.4, -0.2) is 20.5 Å². The number of nitrogens with zero attached hydrogens (tertiary/aromatic N) is 1. The molecule has 1 saturated carbocycles. The van der Waals surface area contributed by atoms with E-state index in [9.17, 15) is 8.42 Å². The highest BCUT2D eigenvalue weighted by molar-refractivity contribution is 7.89. The summed E-state index contributed by atoms with van der Waals surface area (Å²) in [6.45, 7) is 0. The highest BCUT2D eigenvalue weighted by Crippen LogP contribution is 2.51. The Morgan fingerprint density at radius 1 is 0.963 bits per heavy atom. The molecule has 2 N–H and O–H groups in total. The molecule has 2 aromatic rings. The third-order valence-corrected chi connectivity index (χ3v) is 6.37. The summed E-state index contributed by atoms with van der Waals surface area (Å²) in [5.74, 6) is 0.580. The molecular formula is C21H22N2O3S. The van der Waals surface area contributed by atoms with E-state index in [1.54, 1.807) is 19.2 Å². The molecule has 1 aromatic carbocycles. The van der Waals surface area contributed by atoms with Gasteiger partial charge in [0.2, 0.25) is 15.9 Å². The lowest BCUT2D eigenvalue weighted by atomic mass is 9.88. The van der Waals surface area contributed by atoms with Crippen molar-refractivity contribution in [3.05, 3.63) is 65.9 Å². The fourth-order valence-corrected chi connectivity index (χ4v) is 4.57. The molecule has 0 aliphatic heterocycles. The molecule has 2 aliphatic carbocycles. The zero-order chi connectivity index (χ0) is 19.1. The number of rotatable bonds is 4. The van der Waals surface area contributed by atoms with Gasteiger partial charge in [0.1, 0.15) is 0 Å². The molecule has 6 heteroatoms. The van der Waals surface area contributed by atoms with Crippen LogP contribution in [0.2, 0.25) is 0 Å². The zero-order valence-electron chi connectivity index (χ0n) is 15.2. The lowest BCUT2D eigenvalue weighted by molar-refractivity contribution is 0.398. The summed E-state index contributed by atoms with van der Waals surface area (Å²) in [7, 11) is -2.10. The second-order valence-corrected chi connectivity index (χ2v) is 8.78. The quantitative estimate of drug-likeness (QED) is 0.872. The molecule has 2 aliphatic rings. The van der Waals surface area contributed by atoms with Crippen molar-refractivity contribution >= 4 is 21.2 Å². The highest BCUT2D eigenvalue weighted by Gasteiger charge is 2.36. The fourth-order valence-electron chi connectivity index (χ4n) is 4.06. The number of aromatic nitrogens is 1. The van der Waals surface area contributed by atoms with Gasteiger partial charge in [-0.15, -0.1) is 0 Å². The molecule has 5 nitrogen and oxygen atoms in total. The standard InChI is InChI=1S/C21H22N2O3S/c1-26-20-9-6-16(14-23-20)19-13-21(10-2-3-11-21)12-18(19)15-4-7-17(8-5-15)27(22,24)25/h4-9,12-14H,2-3,10-11H2,1H3,(H2,22,24,25). The maximum Gasteiger partial charge on any atom is 0.238 e. The number of hydrogen-bond donors (Lipinski definition) is 1. The number of methoxy groups -OCH3 is 1. The Labute approximate surface area is 159 Å². The predicted molar refractivity (Wildman–Crippen MR) is 105 cm³/mol. The second-order valence-electron chi connectivity index (χ2n) is 7.21. The van der Waals surface area contributed by atoms with E-state index >= 15 is 0 Å². The van der Waals surface area contributed by atoms with Crippen LogP contribution >= 0.6 is 0 Å². The number of benzene rings is 1. The van der Waals surface area contributed by atoms with Gasteiger partial charge in [0.05, 0.1) is 12.0 Å². The predicted octanol–water partition coefficient (Wildman–Crippen LogP) is 3.78. The van der Waals surface area contributed by atoms with Crippen LogP contribution in [0, 0.1) is 5.41 Å². The second kappa shape index (κ2) is 6.62. The number of sulfonamides is 1. The molecule has 0 radical (unpaired) electrons. The average Bonchev–Trinajstić information content (AvgIpc) is 3.28. The maximum atomic E-state index is 11.5. The number of primary sulfonamides is 1. The lowest BCUT2D eigenvalue weighted by Crippen LogP contribution is -2.11. The summed E-state index contributed by atoms with van der Waals surface area (Å²) in [5, 5.41) is 5.23. The van der Waals surface area contributed by atoms with Gasteiger partial charge in [0.25, 0.3) is 0 Å². The third-order valence-electron chi connectivity index (χ3n) is 5.44. The molecule has 0 bridgehead atoms. The Balaban J connectivity index is 1.77. The number of ether oxygens (including phenoxy) is 1. The van der Waals surface area contributed by atoms with E-state index in [0.29, 0.717) is 5.88 Å². The van der Waals surface area contributed by atoms with Crippen molar-refractivity contribution in [3.63, 3.8) is 0 Å². The summed E-state index contributed by atoms with van der Waals surface area (Å²) in [4.78, 5) is 4.47. The van der Waals surface area contributed by atoms with Crippen molar-refractivity contribution in [1.82, 2.24) is 4.98 Å². The molecule has 0 atom stereocenters. The first-order valence-corrected chi connectivity index (χ1v) is 10.5. The van der Waals surface area contributed by atoms with Crippen molar-refractivity contribution in [2.24, 2.45) is 10.6 Å². The Bertz CT molecular complexity index is 1010. The Morgan fingerprint density at radius 3 is 2.07 bits per heavy atom. The Kier molecular flexibility index (Phi) is 4.40. The maximum absolute atomic E-state index is 11.5. The van der Waals surface area contributed by atoms with Crippen LogP contribution in [0.4, 0.5) is 0 Å². The average molecular weight is 382 g/mol. The van der Waals surface area contributed by atoms with E-state index in [4.69, 9.17) is 9.88 Å². The highest BCUT2D eigenvalue weighted by atomic mass is 32.2. The molecule has 1 spiro atoms. The molecule has 0 unspecified atom stereocenters. The first kappa shape index (κ1) is 17.9. The van der Waals surface area contributed by atoms with Crippen molar-refractivity contribution in [2.75, 3.05) is 7.11 Å². The molecule has 140 valence electrons. The van der Waals surface area contributed by atoms with Gasteiger partial charge in [-0.1, -0.05) is 37.1 Å². The van der Waals surface area contributed by atoms with Crippen LogP contribution in [0.3, 0.4) is 0 Å². The monoisotopic (exact) mass is 382 g/mol. The topological polar surface area (TPSA) is 82.3 Å². The number of allylic oxidation sites excluding steroid dienone is 4. The molecule has 4 rings (SSSR count). The minimum atomic E-state index is -3.70. The first-order chi connectivity index (χ1) is 12.9. The van der Waals surface area contributed by atoms with Gasteiger partial charge in [-0.25, -0.2) is 18.5 Å². The molecule has 1 heterocycles. The summed E-state index contributed by atoms with van der Waals surface area (Å²) < 4.78 is 28.3. The molecular weight excluding hydrogens is 360 g/mol. The fraction of sp³-hybridized carbons (Fsp3) is 0.286. The molecule has 1 aromatic heterocycles. The van der Waals surface area contributed by atoms with Gasteiger partial charge in [-0.2, -0.15) is 0 Å². The molecule has 1 fully saturated rings. The summed E-state index contributed by atoms with van der Waals surface area (Å²) in [5.41, 5.74) is 4.35. The van der Waals surface area contributed by atoms with E-state index in [1.165, 1.54) is 12.8 Å². The van der Waals surface area contributed by atoms with Gasteiger partial charge in [0.15, 0.2) is 0 Å². The van der Waals surface area contributed by atoms with E-state index in [1.807, 2.05) is 30.5 Å². The van der Waals surface area contributed by atoms with Crippen LogP contribution in [-0.2, 0) is 10.0 Å². The zero-order valence-corrected chi connectivity index (χ0v) is 16.0. The first-order valence-electron chi connectivity index (χ1n) is 9.00. The van der Waals surface area contributed by atoms with Crippen LogP contribution in [0.25, 0.3) is 11.1 Å². The molecule has 0 saturated heterocycles. The van der Waals surface area contributed by atoms with E-state index < -0.39 is 10.0 Å². The summed E-state index contributed by atoms with van der Waals surface area (Å²) in [6, 6.07) is 10.6. The summed E-state index contributed by atoms with van der Waals surface area (Å²) in [6.07, 6.45) is 11.2. The van der Waals surface area contributed by atoms with E-state index in [2.05, 4.69) is 17.1 Å². The number of nitrogens with two attached hydrogens (primary N) is 1. The van der Waals surface area contributed by atoms with Gasteiger partial charge in [-0.05, 0) is 47.8 Å². The molecule has 27 heavy (non-hydrogen) atoms. The van der Waals surface area contributed by atoms with Gasteiger partial charge in [0, 0.05) is 23.2 Å². The Morgan fingerprint density at radius 2 is 1.56 bits per heavy atom. The largest absolute Gasteiger partial charge is 0.481 e. The number of pyridine rings is 1. The van der Waals surface area contributed by atoms with Crippen molar-refractivity contribution < 1.29 is 13.2 Å². The minimum absolute atomic E-state index is 0.0865. The smallest absolute Gasteiger partial charge is 0.238 e. The van der Waals surface area contributed by atoms with Crippen molar-refractivity contribution in [2.45, 2.75) is 30.6 Å². The lowest BCUT2D eigenvalue weighted by Gasteiger charge is -2.16. The normalized spacial score (nSPS) is 18.4. The number of hydrogen-bond acceptors (Lipinski definition) is 4. The van der Waals surface area contributed by atoms with Crippen LogP contribution in [0.1, 0.15) is 36.8 Å². The van der Waals surface area contributed by atoms with Crippen LogP contribution in [0.5, 0.6) is 5.88 Å². The minimum Gasteiger partial charge on any atom is -0.481 e. The van der Waals surface area contributed by atoms with E-state index in [-0.39, 0.29) is 10.3 Å². The van der Waals surface area contributed by atoms with Gasteiger partial charge >= 0.3 is 0 Å². The van der Waals surface area contributed by atoms with Gasteiger partial charge in [-0.3, -0.25) is 0 Å². The third kappa shape index (κ3) is 3.42. The van der Waals surface area contributed by atoms with Crippen molar-refractivity contribution in [1.29, 1.82) is 0 Å². The summed E-state index contributed by atoms with van der Waals surface area (Å²) >= 11 is 0.